The molecule has 2 rings (SSSR count). The van der Waals surface area contributed by atoms with Gasteiger partial charge in [-0.15, -0.1) is 0 Å². The van der Waals surface area contributed by atoms with Gasteiger partial charge in [-0.05, 0) is 41.8 Å². The first-order valence-corrected chi connectivity index (χ1v) is 6.74. The lowest BCUT2D eigenvalue weighted by Crippen LogP contribution is -2.22. The summed E-state index contributed by atoms with van der Waals surface area (Å²) >= 11 is 0. The van der Waals surface area contributed by atoms with Gasteiger partial charge in [0.2, 0.25) is 5.91 Å². The lowest BCUT2D eigenvalue weighted by Gasteiger charge is -2.09. The number of carbonyl (C=O) groups is 1. The Morgan fingerprint density at radius 2 is 2.15 bits per heavy atom. The van der Waals surface area contributed by atoms with Gasteiger partial charge >= 0.3 is 0 Å². The number of amides is 1. The molecule has 0 unspecified atom stereocenters. The molecule has 3 heteroatoms. The third-order valence-corrected chi connectivity index (χ3v) is 3.05. The van der Waals surface area contributed by atoms with Gasteiger partial charge in [0.25, 0.3) is 0 Å². The summed E-state index contributed by atoms with van der Waals surface area (Å²) in [5.74, 6) is 0.824. The molecular formula is C17H19NO2. The molecule has 0 aliphatic heterocycles. The van der Waals surface area contributed by atoms with Gasteiger partial charge in [0, 0.05) is 13.5 Å². The predicted molar refractivity (Wildman–Crippen MR) is 81.8 cm³/mol. The molecule has 20 heavy (non-hydrogen) atoms. The van der Waals surface area contributed by atoms with Crippen molar-refractivity contribution in [3.05, 3.63) is 54.3 Å². The van der Waals surface area contributed by atoms with Crippen molar-refractivity contribution in [1.29, 1.82) is 0 Å². The molecule has 104 valence electrons. The molecule has 0 saturated heterocycles. The van der Waals surface area contributed by atoms with E-state index in [9.17, 15) is 4.79 Å². The van der Waals surface area contributed by atoms with Crippen molar-refractivity contribution in [2.75, 3.05) is 6.54 Å². The zero-order valence-electron chi connectivity index (χ0n) is 11.8. The van der Waals surface area contributed by atoms with Crippen LogP contribution < -0.4 is 10.1 Å². The molecule has 0 heterocycles. The van der Waals surface area contributed by atoms with E-state index in [4.69, 9.17) is 4.74 Å². The number of fused-ring (bicyclic) bond motifs is 1. The molecule has 0 saturated carbocycles. The molecular weight excluding hydrogens is 250 g/mol. The smallest absolute Gasteiger partial charge is 0.216 e. The van der Waals surface area contributed by atoms with Crippen molar-refractivity contribution in [2.24, 2.45) is 0 Å². The average Bonchev–Trinajstić information content (AvgIpc) is 2.45. The van der Waals surface area contributed by atoms with Crippen LogP contribution in [0.4, 0.5) is 0 Å². The fourth-order valence-corrected chi connectivity index (χ4v) is 2.13. The number of allylic oxidation sites excluding steroid dienone is 1. The van der Waals surface area contributed by atoms with Crippen LogP contribution in [0.5, 0.6) is 5.75 Å². The molecule has 1 N–H and O–H groups in total. The highest BCUT2D eigenvalue weighted by Gasteiger charge is 2.03. The second-order valence-electron chi connectivity index (χ2n) is 4.62. The third kappa shape index (κ3) is 3.60. The maximum absolute atomic E-state index is 10.9. The van der Waals surface area contributed by atoms with Gasteiger partial charge in [-0.1, -0.05) is 30.3 Å². The Balaban J connectivity index is 2.26. The summed E-state index contributed by atoms with van der Waals surface area (Å²) in [7, 11) is 0. The van der Waals surface area contributed by atoms with Gasteiger partial charge in [0.05, 0.1) is 6.26 Å². The fourth-order valence-electron chi connectivity index (χ4n) is 2.13. The highest BCUT2D eigenvalue weighted by atomic mass is 16.5. The molecule has 0 aliphatic carbocycles. The van der Waals surface area contributed by atoms with Crippen LogP contribution in [0, 0.1) is 0 Å². The maximum Gasteiger partial charge on any atom is 0.216 e. The van der Waals surface area contributed by atoms with Crippen LogP contribution in [0.15, 0.2) is 48.7 Å². The minimum atomic E-state index is 0.00217. The lowest BCUT2D eigenvalue weighted by molar-refractivity contribution is -0.118. The highest BCUT2D eigenvalue weighted by molar-refractivity contribution is 5.87. The number of nitrogens with one attached hydrogen (secondary N) is 1. The largest absolute Gasteiger partial charge is 0.465 e. The Bertz CT molecular complexity index is 632. The fraction of sp³-hybridized carbons (Fsp3) is 0.235. The lowest BCUT2D eigenvalue weighted by atomic mass is 10.0. The Morgan fingerprint density at radius 1 is 1.30 bits per heavy atom. The van der Waals surface area contributed by atoms with Crippen molar-refractivity contribution >= 4 is 16.7 Å². The number of ether oxygens (including phenoxy) is 1. The summed E-state index contributed by atoms with van der Waals surface area (Å²) < 4.78 is 5.51. The van der Waals surface area contributed by atoms with Crippen molar-refractivity contribution in [2.45, 2.75) is 20.3 Å². The van der Waals surface area contributed by atoms with E-state index in [2.05, 4.69) is 23.5 Å². The number of carbonyl (C=O) groups excluding carboxylic acids is 1. The van der Waals surface area contributed by atoms with Gasteiger partial charge in [-0.25, -0.2) is 0 Å². The predicted octanol–water partition coefficient (Wildman–Crippen LogP) is 3.43. The Morgan fingerprint density at radius 3 is 2.90 bits per heavy atom. The van der Waals surface area contributed by atoms with Crippen LogP contribution >= 0.6 is 0 Å². The number of hydrogen-bond donors (Lipinski definition) is 1. The normalized spacial score (nSPS) is 10.9. The van der Waals surface area contributed by atoms with Gasteiger partial charge in [0.15, 0.2) is 0 Å². The van der Waals surface area contributed by atoms with E-state index in [1.54, 1.807) is 6.26 Å². The molecule has 0 fully saturated rings. The van der Waals surface area contributed by atoms with Gasteiger partial charge in [0.1, 0.15) is 5.75 Å². The molecule has 0 spiro atoms. The molecule has 0 bridgehead atoms. The van der Waals surface area contributed by atoms with Crippen molar-refractivity contribution < 1.29 is 9.53 Å². The minimum Gasteiger partial charge on any atom is -0.465 e. The molecule has 0 aromatic heterocycles. The Labute approximate surface area is 119 Å². The summed E-state index contributed by atoms with van der Waals surface area (Å²) in [4.78, 5) is 10.9. The molecule has 3 nitrogen and oxygen atoms in total. The zero-order chi connectivity index (χ0) is 14.4. The maximum atomic E-state index is 10.9. The summed E-state index contributed by atoms with van der Waals surface area (Å²) in [6.07, 6.45) is 4.33. The van der Waals surface area contributed by atoms with Crippen LogP contribution in [0.25, 0.3) is 10.8 Å². The third-order valence-electron chi connectivity index (χ3n) is 3.05. The summed E-state index contributed by atoms with van der Waals surface area (Å²) in [6, 6.07) is 12.3. The summed E-state index contributed by atoms with van der Waals surface area (Å²) in [5.41, 5.74) is 1.21. The standard InChI is InChI=1S/C17H19NO2/c1-3-11-20-16-8-7-14-5-4-6-15(17(14)12-16)9-10-18-13(2)19/h3-8,11-12H,9-10H2,1-2H3,(H,18,19)/b11-3+. The van der Waals surface area contributed by atoms with E-state index in [-0.39, 0.29) is 5.91 Å². The number of rotatable bonds is 5. The molecule has 0 aliphatic rings. The molecule has 0 radical (unpaired) electrons. The van der Waals surface area contributed by atoms with E-state index in [1.165, 1.54) is 23.3 Å². The molecule has 2 aromatic carbocycles. The number of hydrogen-bond acceptors (Lipinski definition) is 2. The van der Waals surface area contributed by atoms with Crippen molar-refractivity contribution in [1.82, 2.24) is 5.32 Å². The SMILES string of the molecule is C/C=C/Oc1ccc2cccc(CCNC(C)=O)c2c1. The Hall–Kier alpha value is -2.29. The van der Waals surface area contributed by atoms with Gasteiger partial charge in [-0.3, -0.25) is 4.79 Å². The topological polar surface area (TPSA) is 38.3 Å². The van der Waals surface area contributed by atoms with E-state index in [1.807, 2.05) is 31.2 Å². The van der Waals surface area contributed by atoms with Crippen LogP contribution in [-0.2, 0) is 11.2 Å². The average molecular weight is 269 g/mol. The summed E-state index contributed by atoms with van der Waals surface area (Å²) in [6.45, 7) is 4.10. The minimum absolute atomic E-state index is 0.00217. The first-order chi connectivity index (χ1) is 9.70. The van der Waals surface area contributed by atoms with Crippen LogP contribution in [0.3, 0.4) is 0 Å². The first-order valence-electron chi connectivity index (χ1n) is 6.74. The quantitative estimate of drug-likeness (QED) is 0.844. The summed E-state index contributed by atoms with van der Waals surface area (Å²) in [5, 5.41) is 5.17. The van der Waals surface area contributed by atoms with Gasteiger partial charge in [-0.2, -0.15) is 0 Å². The Kier molecular flexibility index (Phi) is 4.77. The zero-order valence-corrected chi connectivity index (χ0v) is 11.8. The van der Waals surface area contributed by atoms with E-state index in [0.29, 0.717) is 6.54 Å². The monoisotopic (exact) mass is 269 g/mol. The molecule has 0 atom stereocenters. The second kappa shape index (κ2) is 6.75. The van der Waals surface area contributed by atoms with Crippen molar-refractivity contribution in [3.8, 4) is 5.75 Å². The van der Waals surface area contributed by atoms with E-state index >= 15 is 0 Å². The van der Waals surface area contributed by atoms with Crippen LogP contribution in [-0.4, -0.2) is 12.5 Å². The van der Waals surface area contributed by atoms with Gasteiger partial charge < -0.3 is 10.1 Å². The number of benzene rings is 2. The van der Waals surface area contributed by atoms with Crippen LogP contribution in [0.2, 0.25) is 0 Å². The second-order valence-corrected chi connectivity index (χ2v) is 4.62. The van der Waals surface area contributed by atoms with E-state index in [0.717, 1.165) is 12.2 Å². The molecule has 1 amide bonds. The first kappa shape index (κ1) is 14.1. The highest BCUT2D eigenvalue weighted by Crippen LogP contribution is 2.24. The molecule has 2 aromatic rings. The van der Waals surface area contributed by atoms with Crippen LogP contribution in [0.1, 0.15) is 19.4 Å². The van der Waals surface area contributed by atoms with E-state index < -0.39 is 0 Å². The van der Waals surface area contributed by atoms with Crippen molar-refractivity contribution in [3.63, 3.8) is 0 Å².